The Bertz CT molecular complexity index is 1440. The van der Waals surface area contributed by atoms with Crippen molar-refractivity contribution in [1.82, 2.24) is 0 Å². The lowest BCUT2D eigenvalue weighted by Crippen LogP contribution is -2.12. The first-order valence-electron chi connectivity index (χ1n) is 7.61. The minimum Gasteiger partial charge on any atom is -0.398 e. The van der Waals surface area contributed by atoms with E-state index in [4.69, 9.17) is 9.92 Å². The largest absolute Gasteiger partial charge is 0.398 e. The smallest absolute Gasteiger partial charge is 0.341 e. The SMILES string of the molecule is Nc1ccccc1S(=O)(=O)Oc1ccc(S(=O)(=O)O)c2cc(S(=O)(=O)O)ccc12. The molecule has 0 fully saturated rings. The first-order valence-corrected chi connectivity index (χ1v) is 11.9. The Kier molecular flexibility index (Phi) is 5.04. The third-order valence-corrected chi connectivity index (χ3v) is 6.94. The van der Waals surface area contributed by atoms with Gasteiger partial charge in [-0.15, -0.1) is 0 Å². The Labute approximate surface area is 166 Å². The molecule has 0 aliphatic rings. The fourth-order valence-corrected chi connectivity index (χ4v) is 4.87. The Hall–Kier alpha value is -2.71. The average molecular weight is 459 g/mol. The fourth-order valence-electron chi connectivity index (χ4n) is 2.60. The summed E-state index contributed by atoms with van der Waals surface area (Å²) in [6.45, 7) is 0. The maximum atomic E-state index is 12.6. The van der Waals surface area contributed by atoms with Crippen molar-refractivity contribution >= 4 is 46.8 Å². The average Bonchev–Trinajstić information content (AvgIpc) is 2.59. The number of rotatable bonds is 5. The summed E-state index contributed by atoms with van der Waals surface area (Å²) >= 11 is 0. The van der Waals surface area contributed by atoms with Crippen LogP contribution >= 0.6 is 0 Å². The highest BCUT2D eigenvalue weighted by molar-refractivity contribution is 7.87. The molecule has 0 unspecified atom stereocenters. The number of para-hydroxylation sites is 1. The lowest BCUT2D eigenvalue weighted by molar-refractivity contribution is 0.479. The van der Waals surface area contributed by atoms with Gasteiger partial charge in [0.1, 0.15) is 9.79 Å². The highest BCUT2D eigenvalue weighted by Crippen LogP contribution is 2.35. The summed E-state index contributed by atoms with van der Waals surface area (Å²) in [7, 11) is -13.9. The highest BCUT2D eigenvalue weighted by atomic mass is 32.2. The van der Waals surface area contributed by atoms with Gasteiger partial charge < -0.3 is 9.92 Å². The van der Waals surface area contributed by atoms with E-state index in [9.17, 15) is 34.4 Å². The highest BCUT2D eigenvalue weighted by Gasteiger charge is 2.24. The van der Waals surface area contributed by atoms with Gasteiger partial charge in [-0.3, -0.25) is 9.11 Å². The number of anilines is 1. The van der Waals surface area contributed by atoms with Crippen molar-refractivity contribution in [3.63, 3.8) is 0 Å². The van der Waals surface area contributed by atoms with Gasteiger partial charge in [-0.25, -0.2) is 0 Å². The molecule has 29 heavy (non-hydrogen) atoms. The van der Waals surface area contributed by atoms with E-state index < -0.39 is 40.1 Å². The number of nitrogens with two attached hydrogens (primary N) is 1. The third kappa shape index (κ3) is 4.18. The predicted molar refractivity (Wildman–Crippen MR) is 102 cm³/mol. The van der Waals surface area contributed by atoms with Gasteiger partial charge in [0, 0.05) is 10.8 Å². The molecule has 0 radical (unpaired) electrons. The Balaban J connectivity index is 2.27. The monoisotopic (exact) mass is 459 g/mol. The van der Waals surface area contributed by atoms with Crippen molar-refractivity contribution in [3.8, 4) is 5.75 Å². The van der Waals surface area contributed by atoms with E-state index in [1.807, 2.05) is 0 Å². The molecule has 3 rings (SSSR count). The normalized spacial score (nSPS) is 12.8. The van der Waals surface area contributed by atoms with Gasteiger partial charge in [-0.1, -0.05) is 12.1 Å². The van der Waals surface area contributed by atoms with Crippen molar-refractivity contribution in [2.24, 2.45) is 0 Å². The van der Waals surface area contributed by atoms with Crippen LogP contribution in [0.1, 0.15) is 0 Å². The zero-order valence-corrected chi connectivity index (χ0v) is 16.7. The minimum absolute atomic E-state index is 0.0833. The van der Waals surface area contributed by atoms with Crippen LogP contribution in [0.4, 0.5) is 5.69 Å². The number of fused-ring (bicyclic) bond motifs is 1. The van der Waals surface area contributed by atoms with E-state index in [0.29, 0.717) is 0 Å². The molecule has 3 aromatic rings. The van der Waals surface area contributed by atoms with Gasteiger partial charge in [0.2, 0.25) is 0 Å². The molecule has 0 aliphatic heterocycles. The Morgan fingerprint density at radius 2 is 1.38 bits per heavy atom. The number of hydrogen-bond donors (Lipinski definition) is 3. The lowest BCUT2D eigenvalue weighted by atomic mass is 10.1. The number of benzene rings is 3. The van der Waals surface area contributed by atoms with E-state index in [1.54, 1.807) is 0 Å². The summed E-state index contributed by atoms with van der Waals surface area (Å²) in [5, 5.41) is -0.526. The summed E-state index contributed by atoms with van der Waals surface area (Å²) in [5.41, 5.74) is 5.57. The van der Waals surface area contributed by atoms with Gasteiger partial charge in [0.15, 0.2) is 5.75 Å². The van der Waals surface area contributed by atoms with Crippen LogP contribution in [-0.4, -0.2) is 34.4 Å². The maximum Gasteiger partial charge on any atom is 0.341 e. The second kappa shape index (κ2) is 6.96. The molecule has 3 aromatic carbocycles. The van der Waals surface area contributed by atoms with Gasteiger partial charge in [0.25, 0.3) is 20.2 Å². The van der Waals surface area contributed by atoms with Crippen molar-refractivity contribution < 1.29 is 38.5 Å². The van der Waals surface area contributed by atoms with Crippen LogP contribution in [0, 0.1) is 0 Å². The van der Waals surface area contributed by atoms with Gasteiger partial charge in [-0.05, 0) is 42.5 Å². The van der Waals surface area contributed by atoms with Crippen molar-refractivity contribution in [1.29, 1.82) is 0 Å². The molecule has 10 nitrogen and oxygen atoms in total. The fraction of sp³-hybridized carbons (Fsp3) is 0. The first kappa shape index (κ1) is 21.0. The Morgan fingerprint density at radius 1 is 0.724 bits per heavy atom. The predicted octanol–water partition coefficient (Wildman–Crippen LogP) is 1.68. The van der Waals surface area contributed by atoms with Crippen molar-refractivity contribution in [3.05, 3.63) is 54.6 Å². The van der Waals surface area contributed by atoms with Gasteiger partial charge >= 0.3 is 10.1 Å². The summed E-state index contributed by atoms with van der Waals surface area (Å²) in [4.78, 5) is -1.70. The standard InChI is InChI=1S/C16H13NO9S3/c17-13-3-1-2-4-16(13)29(24,25)26-14-7-8-15(28(21,22)23)12-9-10(27(18,19)20)5-6-11(12)14/h1-9H,17H2,(H,18,19,20)(H,21,22,23). The van der Waals surface area contributed by atoms with E-state index in [1.165, 1.54) is 24.3 Å². The second-order valence-electron chi connectivity index (χ2n) is 5.79. The van der Waals surface area contributed by atoms with Gasteiger partial charge in [-0.2, -0.15) is 25.3 Å². The molecule has 0 bridgehead atoms. The molecule has 13 heteroatoms. The summed E-state index contributed by atoms with van der Waals surface area (Å²) < 4.78 is 94.8. The summed E-state index contributed by atoms with van der Waals surface area (Å²) in [6.07, 6.45) is 0. The molecular formula is C16H13NO9S3. The van der Waals surface area contributed by atoms with Crippen LogP contribution in [0.25, 0.3) is 10.8 Å². The minimum atomic E-state index is -4.81. The molecule has 0 heterocycles. The molecule has 0 aliphatic carbocycles. The molecule has 0 atom stereocenters. The molecule has 4 N–H and O–H groups in total. The van der Waals surface area contributed by atoms with E-state index in [0.717, 1.165) is 30.3 Å². The molecular weight excluding hydrogens is 446 g/mol. The van der Waals surface area contributed by atoms with Crippen LogP contribution in [0.15, 0.2) is 69.3 Å². The van der Waals surface area contributed by atoms with Crippen LogP contribution in [0.3, 0.4) is 0 Å². The topological polar surface area (TPSA) is 178 Å². The van der Waals surface area contributed by atoms with Crippen molar-refractivity contribution in [2.75, 3.05) is 5.73 Å². The number of hydrogen-bond acceptors (Lipinski definition) is 8. The van der Waals surface area contributed by atoms with Crippen LogP contribution in [0.2, 0.25) is 0 Å². The Morgan fingerprint density at radius 3 is 1.97 bits per heavy atom. The zero-order valence-electron chi connectivity index (χ0n) is 14.3. The first-order chi connectivity index (χ1) is 13.3. The molecule has 0 saturated carbocycles. The maximum absolute atomic E-state index is 12.6. The van der Waals surface area contributed by atoms with E-state index in [-0.39, 0.29) is 27.1 Å². The van der Waals surface area contributed by atoms with E-state index >= 15 is 0 Å². The van der Waals surface area contributed by atoms with E-state index in [2.05, 4.69) is 0 Å². The lowest BCUT2D eigenvalue weighted by Gasteiger charge is -2.13. The van der Waals surface area contributed by atoms with Crippen molar-refractivity contribution in [2.45, 2.75) is 14.7 Å². The molecule has 0 saturated heterocycles. The molecule has 154 valence electrons. The molecule has 0 spiro atoms. The molecule has 0 aromatic heterocycles. The zero-order chi connectivity index (χ0) is 21.6. The second-order valence-corrected chi connectivity index (χ2v) is 10.1. The quantitative estimate of drug-likeness (QED) is 0.289. The number of nitrogen functional groups attached to an aromatic ring is 1. The third-order valence-electron chi connectivity index (χ3n) is 3.87. The van der Waals surface area contributed by atoms with Crippen LogP contribution in [-0.2, 0) is 30.4 Å². The summed E-state index contributed by atoms with van der Waals surface area (Å²) in [5.74, 6) is -0.349. The van der Waals surface area contributed by atoms with Gasteiger partial charge in [0.05, 0.1) is 10.6 Å². The van der Waals surface area contributed by atoms with Crippen LogP contribution < -0.4 is 9.92 Å². The van der Waals surface area contributed by atoms with Crippen LogP contribution in [0.5, 0.6) is 5.75 Å². The molecule has 0 amide bonds. The summed E-state index contributed by atoms with van der Waals surface area (Å²) in [6, 6.07) is 10.0.